The molecule has 0 amide bonds. The van der Waals surface area contributed by atoms with E-state index >= 15 is 0 Å². The van der Waals surface area contributed by atoms with Gasteiger partial charge < -0.3 is 10.0 Å². The van der Waals surface area contributed by atoms with Crippen LogP contribution in [0.4, 0.5) is 0 Å². The van der Waals surface area contributed by atoms with Crippen molar-refractivity contribution in [3.63, 3.8) is 0 Å². The summed E-state index contributed by atoms with van der Waals surface area (Å²) in [6.45, 7) is 5.75. The fraction of sp³-hybridized carbons (Fsp3) is 1.00. The SMILES string of the molecule is CCCN1C[C@H]2CCC[C@@H](C1)C2O. The number of hydrogen-bond acceptors (Lipinski definition) is 2. The lowest BCUT2D eigenvalue weighted by atomic mass is 9.75. The highest BCUT2D eigenvalue weighted by Crippen LogP contribution is 2.34. The molecule has 3 atom stereocenters. The summed E-state index contributed by atoms with van der Waals surface area (Å²) in [5.41, 5.74) is 0. The summed E-state index contributed by atoms with van der Waals surface area (Å²) in [4.78, 5) is 2.54. The fourth-order valence-corrected chi connectivity index (χ4v) is 3.00. The molecule has 1 aliphatic carbocycles. The van der Waals surface area contributed by atoms with Crippen LogP contribution >= 0.6 is 0 Å². The number of rotatable bonds is 2. The van der Waals surface area contributed by atoms with E-state index < -0.39 is 0 Å². The Morgan fingerprint density at radius 3 is 2.38 bits per heavy atom. The third kappa shape index (κ3) is 1.89. The summed E-state index contributed by atoms with van der Waals surface area (Å²) >= 11 is 0. The van der Waals surface area contributed by atoms with E-state index in [1.807, 2.05) is 0 Å². The van der Waals surface area contributed by atoms with Crippen molar-refractivity contribution in [3.05, 3.63) is 0 Å². The van der Waals surface area contributed by atoms with Gasteiger partial charge >= 0.3 is 0 Å². The van der Waals surface area contributed by atoms with Crippen LogP contribution in [0.2, 0.25) is 0 Å². The zero-order valence-electron chi connectivity index (χ0n) is 8.58. The van der Waals surface area contributed by atoms with Gasteiger partial charge in [-0.3, -0.25) is 0 Å². The highest BCUT2D eigenvalue weighted by atomic mass is 16.3. The zero-order valence-corrected chi connectivity index (χ0v) is 8.58. The Morgan fingerprint density at radius 2 is 1.85 bits per heavy atom. The van der Waals surface area contributed by atoms with Crippen LogP contribution in [0.5, 0.6) is 0 Å². The normalized spacial score (nSPS) is 40.6. The van der Waals surface area contributed by atoms with E-state index in [9.17, 15) is 5.11 Å². The minimum absolute atomic E-state index is 0.0156. The van der Waals surface area contributed by atoms with Gasteiger partial charge in [0.2, 0.25) is 0 Å². The van der Waals surface area contributed by atoms with Crippen molar-refractivity contribution >= 4 is 0 Å². The van der Waals surface area contributed by atoms with Crippen molar-refractivity contribution in [1.82, 2.24) is 4.90 Å². The zero-order chi connectivity index (χ0) is 9.26. The van der Waals surface area contributed by atoms with Gasteiger partial charge in [-0.1, -0.05) is 13.3 Å². The smallest absolute Gasteiger partial charge is 0.0620 e. The number of aliphatic hydroxyl groups excluding tert-OH is 1. The molecule has 76 valence electrons. The molecule has 1 aliphatic heterocycles. The molecule has 0 aromatic heterocycles. The van der Waals surface area contributed by atoms with Gasteiger partial charge in [-0.15, -0.1) is 0 Å². The van der Waals surface area contributed by atoms with Crippen LogP contribution in [-0.2, 0) is 0 Å². The van der Waals surface area contributed by atoms with E-state index in [2.05, 4.69) is 11.8 Å². The van der Waals surface area contributed by atoms with Crippen LogP contribution in [-0.4, -0.2) is 35.7 Å². The lowest BCUT2D eigenvalue weighted by Gasteiger charge is -2.45. The molecule has 1 saturated heterocycles. The Morgan fingerprint density at radius 1 is 1.23 bits per heavy atom. The Kier molecular flexibility index (Phi) is 2.89. The third-order valence-electron chi connectivity index (χ3n) is 3.64. The van der Waals surface area contributed by atoms with E-state index in [-0.39, 0.29) is 6.10 Å². The second-order valence-electron chi connectivity index (χ2n) is 4.70. The number of aliphatic hydroxyl groups is 1. The quantitative estimate of drug-likeness (QED) is 0.701. The molecule has 0 radical (unpaired) electrons. The van der Waals surface area contributed by atoms with Gasteiger partial charge in [0, 0.05) is 13.1 Å². The molecular formula is C11H21NO. The second kappa shape index (κ2) is 3.97. The standard InChI is InChI=1S/C11H21NO/c1-2-6-12-7-9-4-3-5-10(8-12)11(9)13/h9-11,13H,2-8H2,1H3/t9-,10+,11?. The first kappa shape index (κ1) is 9.47. The van der Waals surface area contributed by atoms with Crippen molar-refractivity contribution in [1.29, 1.82) is 0 Å². The highest BCUT2D eigenvalue weighted by Gasteiger charge is 2.37. The van der Waals surface area contributed by atoms with Crippen LogP contribution in [0.1, 0.15) is 32.6 Å². The Labute approximate surface area is 80.9 Å². The molecular weight excluding hydrogens is 162 g/mol. The predicted octanol–water partition coefficient (Wildman–Crippen LogP) is 1.49. The van der Waals surface area contributed by atoms with E-state index in [0.29, 0.717) is 11.8 Å². The van der Waals surface area contributed by atoms with Crippen LogP contribution < -0.4 is 0 Å². The molecule has 0 spiro atoms. The average Bonchev–Trinajstić information content (AvgIpc) is 2.07. The predicted molar refractivity (Wildman–Crippen MR) is 53.6 cm³/mol. The summed E-state index contributed by atoms with van der Waals surface area (Å²) in [6.07, 6.45) is 5.10. The summed E-state index contributed by atoms with van der Waals surface area (Å²) < 4.78 is 0. The maximum Gasteiger partial charge on any atom is 0.0620 e. The largest absolute Gasteiger partial charge is 0.392 e. The third-order valence-corrected chi connectivity index (χ3v) is 3.64. The molecule has 2 bridgehead atoms. The minimum atomic E-state index is 0.0156. The Bertz CT molecular complexity index is 157. The summed E-state index contributed by atoms with van der Waals surface area (Å²) in [5.74, 6) is 1.16. The lowest BCUT2D eigenvalue weighted by molar-refractivity contribution is -0.0491. The van der Waals surface area contributed by atoms with Crippen molar-refractivity contribution in [2.24, 2.45) is 11.8 Å². The van der Waals surface area contributed by atoms with Crippen LogP contribution in [0.15, 0.2) is 0 Å². The molecule has 0 aromatic carbocycles. The second-order valence-corrected chi connectivity index (χ2v) is 4.70. The summed E-state index contributed by atoms with van der Waals surface area (Å²) in [7, 11) is 0. The molecule has 2 aliphatic rings. The molecule has 13 heavy (non-hydrogen) atoms. The number of likely N-dealkylation sites (tertiary alicyclic amines) is 1. The average molecular weight is 183 g/mol. The topological polar surface area (TPSA) is 23.5 Å². The number of piperidine rings is 1. The van der Waals surface area contributed by atoms with Crippen molar-refractivity contribution < 1.29 is 5.11 Å². The number of hydrogen-bond donors (Lipinski definition) is 1. The van der Waals surface area contributed by atoms with Gasteiger partial charge in [0.15, 0.2) is 0 Å². The first-order valence-electron chi connectivity index (χ1n) is 5.71. The van der Waals surface area contributed by atoms with E-state index in [0.717, 1.165) is 13.1 Å². The van der Waals surface area contributed by atoms with Gasteiger partial charge in [-0.05, 0) is 37.6 Å². The van der Waals surface area contributed by atoms with Crippen molar-refractivity contribution in [3.8, 4) is 0 Å². The highest BCUT2D eigenvalue weighted by molar-refractivity contribution is 4.90. The van der Waals surface area contributed by atoms with Crippen LogP contribution in [0.25, 0.3) is 0 Å². The molecule has 2 heteroatoms. The molecule has 2 rings (SSSR count). The maximum absolute atomic E-state index is 9.95. The monoisotopic (exact) mass is 183 g/mol. The minimum Gasteiger partial charge on any atom is -0.392 e. The molecule has 1 saturated carbocycles. The molecule has 2 fully saturated rings. The Balaban J connectivity index is 1.95. The maximum atomic E-state index is 9.95. The molecule has 2 nitrogen and oxygen atoms in total. The lowest BCUT2D eigenvalue weighted by Crippen LogP contribution is -2.51. The van der Waals surface area contributed by atoms with Crippen molar-refractivity contribution in [2.75, 3.05) is 19.6 Å². The van der Waals surface area contributed by atoms with Crippen LogP contribution in [0.3, 0.4) is 0 Å². The van der Waals surface area contributed by atoms with Gasteiger partial charge in [-0.25, -0.2) is 0 Å². The van der Waals surface area contributed by atoms with E-state index in [1.54, 1.807) is 0 Å². The van der Waals surface area contributed by atoms with Crippen LogP contribution in [0, 0.1) is 11.8 Å². The van der Waals surface area contributed by atoms with Gasteiger partial charge in [-0.2, -0.15) is 0 Å². The fourth-order valence-electron chi connectivity index (χ4n) is 3.00. The van der Waals surface area contributed by atoms with Gasteiger partial charge in [0.25, 0.3) is 0 Å². The molecule has 1 heterocycles. The first-order chi connectivity index (χ1) is 6.31. The first-order valence-corrected chi connectivity index (χ1v) is 5.71. The summed E-state index contributed by atoms with van der Waals surface area (Å²) in [5, 5.41) is 9.95. The molecule has 1 unspecified atom stereocenters. The van der Waals surface area contributed by atoms with E-state index in [4.69, 9.17) is 0 Å². The number of nitrogens with zero attached hydrogens (tertiary/aromatic N) is 1. The van der Waals surface area contributed by atoms with E-state index in [1.165, 1.54) is 32.2 Å². The van der Waals surface area contributed by atoms with Gasteiger partial charge in [0.05, 0.1) is 6.10 Å². The van der Waals surface area contributed by atoms with Gasteiger partial charge in [0.1, 0.15) is 0 Å². The molecule has 0 aromatic rings. The Hall–Kier alpha value is -0.0800. The number of fused-ring (bicyclic) bond motifs is 2. The molecule has 1 N–H and O–H groups in total. The van der Waals surface area contributed by atoms with Crippen molar-refractivity contribution in [2.45, 2.75) is 38.7 Å². The summed E-state index contributed by atoms with van der Waals surface area (Å²) in [6, 6.07) is 0.